The molecule has 0 aromatic heterocycles. The first kappa shape index (κ1) is 12.1. The summed E-state index contributed by atoms with van der Waals surface area (Å²) in [4.78, 5) is 2.36. The summed E-state index contributed by atoms with van der Waals surface area (Å²) in [6.45, 7) is 9.98. The van der Waals surface area contributed by atoms with Gasteiger partial charge in [-0.2, -0.15) is 0 Å². The largest absolute Gasteiger partial charge is 0.374 e. The van der Waals surface area contributed by atoms with Gasteiger partial charge in [0.1, 0.15) is 0 Å². The van der Waals surface area contributed by atoms with E-state index in [2.05, 4.69) is 51.8 Å². The number of nitrogens with zero attached hydrogens (tertiary/aromatic N) is 1. The fraction of sp³-hybridized carbons (Fsp3) is 0.571. The van der Waals surface area contributed by atoms with Gasteiger partial charge in [0.2, 0.25) is 0 Å². The molecule has 0 aliphatic heterocycles. The highest BCUT2D eigenvalue weighted by molar-refractivity contribution is 5.56. The molecule has 0 atom stereocenters. The molecule has 1 aromatic carbocycles. The molecule has 1 rings (SSSR count). The molecule has 1 aromatic rings. The van der Waals surface area contributed by atoms with E-state index in [1.807, 2.05) is 0 Å². The van der Waals surface area contributed by atoms with E-state index in [9.17, 15) is 0 Å². The van der Waals surface area contributed by atoms with Crippen molar-refractivity contribution in [2.24, 2.45) is 0 Å². The highest BCUT2D eigenvalue weighted by Gasteiger charge is 2.06. The van der Waals surface area contributed by atoms with Crippen LogP contribution in [0.25, 0.3) is 0 Å². The van der Waals surface area contributed by atoms with E-state index < -0.39 is 0 Å². The van der Waals surface area contributed by atoms with Crippen LogP contribution in [0, 0.1) is 13.8 Å². The van der Waals surface area contributed by atoms with Gasteiger partial charge in [-0.25, -0.2) is 0 Å². The fourth-order valence-corrected chi connectivity index (χ4v) is 2.13. The zero-order valence-corrected chi connectivity index (χ0v) is 10.7. The van der Waals surface area contributed by atoms with Crippen molar-refractivity contribution in [1.29, 1.82) is 0 Å². The molecule has 84 valence electrons. The SMILES string of the molecule is CCCN(C)c1cc(CC)c(C)cc1C. The number of hydrogen-bond donors (Lipinski definition) is 0. The Kier molecular flexibility index (Phi) is 4.19. The van der Waals surface area contributed by atoms with Crippen LogP contribution < -0.4 is 4.90 Å². The monoisotopic (exact) mass is 205 g/mol. The van der Waals surface area contributed by atoms with Crippen LogP contribution in [0.4, 0.5) is 5.69 Å². The van der Waals surface area contributed by atoms with Crippen LogP contribution in [-0.2, 0) is 6.42 Å². The number of rotatable bonds is 4. The van der Waals surface area contributed by atoms with Crippen molar-refractivity contribution in [2.75, 3.05) is 18.5 Å². The Labute approximate surface area is 94.1 Å². The van der Waals surface area contributed by atoms with Gasteiger partial charge in [-0.1, -0.05) is 19.9 Å². The van der Waals surface area contributed by atoms with Gasteiger partial charge < -0.3 is 4.90 Å². The summed E-state index contributed by atoms with van der Waals surface area (Å²) in [5.74, 6) is 0. The predicted molar refractivity (Wildman–Crippen MR) is 68.9 cm³/mol. The van der Waals surface area contributed by atoms with Crippen LogP contribution in [-0.4, -0.2) is 13.6 Å². The summed E-state index contributed by atoms with van der Waals surface area (Å²) in [6, 6.07) is 4.65. The molecule has 0 unspecified atom stereocenters. The normalized spacial score (nSPS) is 10.5. The summed E-state index contributed by atoms with van der Waals surface area (Å²) >= 11 is 0. The van der Waals surface area contributed by atoms with Crippen molar-refractivity contribution in [3.8, 4) is 0 Å². The average molecular weight is 205 g/mol. The maximum atomic E-state index is 2.36. The number of benzene rings is 1. The Hall–Kier alpha value is -0.980. The minimum Gasteiger partial charge on any atom is -0.374 e. The van der Waals surface area contributed by atoms with Gasteiger partial charge >= 0.3 is 0 Å². The molecule has 0 heterocycles. The zero-order valence-electron chi connectivity index (χ0n) is 10.7. The van der Waals surface area contributed by atoms with Crippen LogP contribution in [0.3, 0.4) is 0 Å². The quantitative estimate of drug-likeness (QED) is 0.724. The molecule has 1 nitrogen and oxygen atoms in total. The van der Waals surface area contributed by atoms with Gasteiger partial charge in [-0.05, 0) is 49.4 Å². The van der Waals surface area contributed by atoms with Crippen molar-refractivity contribution >= 4 is 5.69 Å². The molecule has 0 saturated carbocycles. The lowest BCUT2D eigenvalue weighted by molar-refractivity contribution is 0.847. The second kappa shape index (κ2) is 5.20. The molecule has 0 radical (unpaired) electrons. The van der Waals surface area contributed by atoms with Gasteiger partial charge in [0, 0.05) is 19.3 Å². The van der Waals surface area contributed by atoms with Crippen LogP contribution in [0.1, 0.15) is 37.0 Å². The molecule has 15 heavy (non-hydrogen) atoms. The third-order valence-electron chi connectivity index (χ3n) is 3.01. The third-order valence-corrected chi connectivity index (χ3v) is 3.01. The van der Waals surface area contributed by atoms with E-state index in [0.29, 0.717) is 0 Å². The summed E-state index contributed by atoms with van der Waals surface area (Å²) in [5, 5.41) is 0. The maximum absolute atomic E-state index is 2.36. The van der Waals surface area contributed by atoms with Crippen molar-refractivity contribution in [1.82, 2.24) is 0 Å². The Morgan fingerprint density at radius 1 is 1.07 bits per heavy atom. The lowest BCUT2D eigenvalue weighted by Crippen LogP contribution is -2.19. The van der Waals surface area contributed by atoms with E-state index in [1.54, 1.807) is 0 Å². The minimum absolute atomic E-state index is 1.12. The molecule has 0 N–H and O–H groups in total. The molecular formula is C14H23N. The first-order valence-electron chi connectivity index (χ1n) is 5.91. The Bertz CT molecular complexity index is 328. The summed E-state index contributed by atoms with van der Waals surface area (Å²) in [6.07, 6.45) is 2.32. The third kappa shape index (κ3) is 2.74. The van der Waals surface area contributed by atoms with E-state index in [-0.39, 0.29) is 0 Å². The lowest BCUT2D eigenvalue weighted by Gasteiger charge is -2.22. The van der Waals surface area contributed by atoms with Gasteiger partial charge in [0.05, 0.1) is 0 Å². The molecule has 0 spiro atoms. The van der Waals surface area contributed by atoms with Gasteiger partial charge in [-0.15, -0.1) is 0 Å². The first-order valence-corrected chi connectivity index (χ1v) is 5.91. The first-order chi connectivity index (χ1) is 7.10. The van der Waals surface area contributed by atoms with Gasteiger partial charge in [0.15, 0.2) is 0 Å². The Morgan fingerprint density at radius 3 is 2.27 bits per heavy atom. The van der Waals surface area contributed by atoms with Crippen molar-refractivity contribution < 1.29 is 0 Å². The maximum Gasteiger partial charge on any atom is 0.0396 e. The number of hydrogen-bond acceptors (Lipinski definition) is 1. The smallest absolute Gasteiger partial charge is 0.0396 e. The van der Waals surface area contributed by atoms with E-state index in [1.165, 1.54) is 28.8 Å². The fourth-order valence-electron chi connectivity index (χ4n) is 2.13. The van der Waals surface area contributed by atoms with Gasteiger partial charge in [0.25, 0.3) is 0 Å². The van der Waals surface area contributed by atoms with E-state index in [0.717, 1.165) is 13.0 Å². The van der Waals surface area contributed by atoms with Crippen LogP contribution in [0.2, 0.25) is 0 Å². The van der Waals surface area contributed by atoms with E-state index >= 15 is 0 Å². The van der Waals surface area contributed by atoms with Gasteiger partial charge in [-0.3, -0.25) is 0 Å². The number of aryl methyl sites for hydroxylation is 3. The second-order valence-electron chi connectivity index (χ2n) is 4.34. The second-order valence-corrected chi connectivity index (χ2v) is 4.34. The van der Waals surface area contributed by atoms with Crippen LogP contribution in [0.15, 0.2) is 12.1 Å². The molecule has 0 aliphatic carbocycles. The summed E-state index contributed by atoms with van der Waals surface area (Å²) in [7, 11) is 2.18. The Morgan fingerprint density at radius 2 is 1.73 bits per heavy atom. The lowest BCUT2D eigenvalue weighted by atomic mass is 10.0. The molecule has 0 saturated heterocycles. The minimum atomic E-state index is 1.12. The predicted octanol–water partition coefficient (Wildman–Crippen LogP) is 3.71. The van der Waals surface area contributed by atoms with Crippen molar-refractivity contribution in [3.63, 3.8) is 0 Å². The average Bonchev–Trinajstić information content (AvgIpc) is 2.18. The Balaban J connectivity index is 3.06. The molecule has 0 aliphatic rings. The highest BCUT2D eigenvalue weighted by atomic mass is 15.1. The molecule has 0 fully saturated rings. The zero-order chi connectivity index (χ0) is 11.4. The summed E-state index contributed by atoms with van der Waals surface area (Å²) in [5.41, 5.74) is 5.67. The standard InChI is InChI=1S/C14H23N/c1-6-8-15(5)14-10-13(7-2)11(3)9-12(14)4/h9-10H,6-8H2,1-5H3. The van der Waals surface area contributed by atoms with Crippen LogP contribution in [0.5, 0.6) is 0 Å². The summed E-state index contributed by atoms with van der Waals surface area (Å²) < 4.78 is 0. The molecule has 0 bridgehead atoms. The molecule has 0 amide bonds. The topological polar surface area (TPSA) is 3.24 Å². The molecular weight excluding hydrogens is 182 g/mol. The van der Waals surface area contributed by atoms with E-state index in [4.69, 9.17) is 0 Å². The molecule has 1 heteroatoms. The van der Waals surface area contributed by atoms with Crippen molar-refractivity contribution in [3.05, 3.63) is 28.8 Å². The van der Waals surface area contributed by atoms with Crippen LogP contribution >= 0.6 is 0 Å². The highest BCUT2D eigenvalue weighted by Crippen LogP contribution is 2.24. The number of anilines is 1. The van der Waals surface area contributed by atoms with Crippen molar-refractivity contribution in [2.45, 2.75) is 40.5 Å².